The van der Waals surface area contributed by atoms with Gasteiger partial charge < -0.3 is 4.74 Å². The standard InChI is InChI=1S/C19H23BrN2O4S/c1-12-9-10-14(20)11-16(12)27(24,25)22-17-13(2)7-6-8-15(17)21-18(23)26-19(3,4)5/h6-11,22H,1-5H3,(H,21,23). The van der Waals surface area contributed by atoms with Gasteiger partial charge in [-0.2, -0.15) is 0 Å². The van der Waals surface area contributed by atoms with Crippen molar-refractivity contribution in [2.75, 3.05) is 10.0 Å². The zero-order chi connectivity index (χ0) is 20.4. The predicted molar refractivity (Wildman–Crippen MR) is 111 cm³/mol. The third kappa shape index (κ3) is 5.71. The summed E-state index contributed by atoms with van der Waals surface area (Å²) in [6.07, 6.45) is -0.660. The number of sulfonamides is 1. The molecule has 0 saturated heterocycles. The maximum Gasteiger partial charge on any atom is 0.412 e. The van der Waals surface area contributed by atoms with Crippen LogP contribution in [0.2, 0.25) is 0 Å². The highest BCUT2D eigenvalue weighted by molar-refractivity contribution is 9.10. The van der Waals surface area contributed by atoms with Gasteiger partial charge in [-0.1, -0.05) is 34.1 Å². The van der Waals surface area contributed by atoms with Gasteiger partial charge in [0, 0.05) is 4.47 Å². The third-order valence-corrected chi connectivity index (χ3v) is 5.57. The molecule has 2 aromatic rings. The normalized spacial score (nSPS) is 11.8. The first-order valence-corrected chi connectivity index (χ1v) is 10.6. The Morgan fingerprint density at radius 1 is 1.07 bits per heavy atom. The summed E-state index contributed by atoms with van der Waals surface area (Å²) in [6.45, 7) is 8.73. The fraction of sp³-hybridized carbons (Fsp3) is 0.316. The molecule has 0 heterocycles. The van der Waals surface area contributed by atoms with Crippen LogP contribution in [0.5, 0.6) is 0 Å². The lowest BCUT2D eigenvalue weighted by Crippen LogP contribution is -2.27. The van der Waals surface area contributed by atoms with Crippen molar-refractivity contribution in [2.45, 2.75) is 45.1 Å². The van der Waals surface area contributed by atoms with Gasteiger partial charge in [-0.25, -0.2) is 13.2 Å². The topological polar surface area (TPSA) is 84.5 Å². The van der Waals surface area contributed by atoms with Gasteiger partial charge in [0.25, 0.3) is 10.0 Å². The van der Waals surface area contributed by atoms with Gasteiger partial charge in [-0.3, -0.25) is 10.0 Å². The quantitative estimate of drug-likeness (QED) is 0.663. The van der Waals surface area contributed by atoms with Gasteiger partial charge in [0.15, 0.2) is 0 Å². The molecule has 0 fully saturated rings. The van der Waals surface area contributed by atoms with E-state index in [1.54, 1.807) is 65.0 Å². The van der Waals surface area contributed by atoms with Crippen LogP contribution < -0.4 is 10.0 Å². The van der Waals surface area contributed by atoms with Gasteiger partial charge in [0.05, 0.1) is 16.3 Å². The highest BCUT2D eigenvalue weighted by atomic mass is 79.9. The second-order valence-electron chi connectivity index (χ2n) is 7.14. The fourth-order valence-corrected chi connectivity index (χ4v) is 4.31. The van der Waals surface area contributed by atoms with Gasteiger partial charge in [0.1, 0.15) is 5.60 Å². The molecule has 0 aliphatic carbocycles. The van der Waals surface area contributed by atoms with E-state index in [1.165, 1.54) is 6.07 Å². The van der Waals surface area contributed by atoms with Crippen molar-refractivity contribution in [1.82, 2.24) is 0 Å². The Labute approximate surface area is 168 Å². The van der Waals surface area contributed by atoms with Crippen LogP contribution in [0.4, 0.5) is 16.2 Å². The van der Waals surface area contributed by atoms with Gasteiger partial charge in [-0.05, 0) is 63.9 Å². The van der Waals surface area contributed by atoms with Crippen LogP contribution in [0.1, 0.15) is 31.9 Å². The number of benzene rings is 2. The fourth-order valence-electron chi connectivity index (χ4n) is 2.37. The third-order valence-electron chi connectivity index (χ3n) is 3.58. The van der Waals surface area contributed by atoms with E-state index in [0.29, 0.717) is 27.0 Å². The van der Waals surface area contributed by atoms with E-state index in [0.717, 1.165) is 0 Å². The number of rotatable bonds is 4. The molecule has 0 aliphatic rings. The highest BCUT2D eigenvalue weighted by Crippen LogP contribution is 2.30. The number of carbonyl (C=O) groups excluding carboxylic acids is 1. The van der Waals surface area contributed by atoms with Gasteiger partial charge in [-0.15, -0.1) is 0 Å². The molecule has 0 aromatic heterocycles. The Morgan fingerprint density at radius 3 is 2.37 bits per heavy atom. The van der Waals surface area contributed by atoms with Crippen LogP contribution in [0, 0.1) is 13.8 Å². The largest absolute Gasteiger partial charge is 0.444 e. The number of nitrogens with one attached hydrogen (secondary N) is 2. The Morgan fingerprint density at radius 2 is 1.74 bits per heavy atom. The molecule has 2 rings (SSSR count). The maximum absolute atomic E-state index is 12.9. The monoisotopic (exact) mass is 454 g/mol. The SMILES string of the molecule is Cc1ccc(Br)cc1S(=O)(=O)Nc1c(C)cccc1NC(=O)OC(C)(C)C. The number of halogens is 1. The lowest BCUT2D eigenvalue weighted by molar-refractivity contribution is 0.0636. The van der Waals surface area contributed by atoms with E-state index in [4.69, 9.17) is 4.74 Å². The number of amides is 1. The molecule has 0 atom stereocenters. The first-order chi connectivity index (χ1) is 12.4. The summed E-state index contributed by atoms with van der Waals surface area (Å²) in [4.78, 5) is 12.3. The Hall–Kier alpha value is -2.06. The van der Waals surface area contributed by atoms with E-state index in [-0.39, 0.29) is 4.90 Å². The molecule has 0 spiro atoms. The molecule has 8 heteroatoms. The highest BCUT2D eigenvalue weighted by Gasteiger charge is 2.22. The van der Waals surface area contributed by atoms with Crippen LogP contribution >= 0.6 is 15.9 Å². The number of para-hydroxylation sites is 1. The summed E-state index contributed by atoms with van der Waals surface area (Å²) in [5, 5.41) is 2.61. The first-order valence-electron chi connectivity index (χ1n) is 8.27. The molecular formula is C19H23BrN2O4S. The van der Waals surface area contributed by atoms with Crippen LogP contribution in [0.25, 0.3) is 0 Å². The van der Waals surface area contributed by atoms with Crippen molar-refractivity contribution in [3.8, 4) is 0 Å². The van der Waals surface area contributed by atoms with Crippen molar-refractivity contribution in [1.29, 1.82) is 0 Å². The number of ether oxygens (including phenoxy) is 1. The van der Waals surface area contributed by atoms with Gasteiger partial charge in [0.2, 0.25) is 0 Å². The maximum atomic E-state index is 12.9. The number of carbonyl (C=O) groups is 1. The lowest BCUT2D eigenvalue weighted by Gasteiger charge is -2.21. The molecule has 6 nitrogen and oxygen atoms in total. The van der Waals surface area contributed by atoms with Crippen molar-refractivity contribution in [3.63, 3.8) is 0 Å². The summed E-state index contributed by atoms with van der Waals surface area (Å²) in [6, 6.07) is 10.1. The number of hydrogen-bond donors (Lipinski definition) is 2. The average Bonchev–Trinajstić information content (AvgIpc) is 2.51. The summed E-state index contributed by atoms with van der Waals surface area (Å²) in [5.41, 5.74) is 1.23. The number of anilines is 2. The molecule has 0 unspecified atom stereocenters. The average molecular weight is 455 g/mol. The van der Waals surface area contributed by atoms with Crippen LogP contribution in [-0.4, -0.2) is 20.1 Å². The molecule has 146 valence electrons. The Balaban J connectivity index is 2.38. The van der Waals surface area contributed by atoms with Crippen molar-refractivity contribution in [3.05, 3.63) is 52.0 Å². The summed E-state index contributed by atoms with van der Waals surface area (Å²) < 4.78 is 34.3. The predicted octanol–water partition coefficient (Wildman–Crippen LogP) is 5.21. The minimum absolute atomic E-state index is 0.156. The number of hydrogen-bond acceptors (Lipinski definition) is 4. The molecule has 27 heavy (non-hydrogen) atoms. The zero-order valence-electron chi connectivity index (χ0n) is 15.9. The van der Waals surface area contributed by atoms with Crippen LogP contribution in [0.15, 0.2) is 45.8 Å². The second kappa shape index (κ2) is 7.90. The van der Waals surface area contributed by atoms with E-state index >= 15 is 0 Å². The Kier molecular flexibility index (Phi) is 6.21. The molecule has 2 N–H and O–H groups in total. The minimum atomic E-state index is -3.85. The van der Waals surface area contributed by atoms with Crippen LogP contribution in [-0.2, 0) is 14.8 Å². The molecule has 0 bridgehead atoms. The lowest BCUT2D eigenvalue weighted by atomic mass is 10.2. The second-order valence-corrected chi connectivity index (χ2v) is 9.71. The van der Waals surface area contributed by atoms with Crippen LogP contribution in [0.3, 0.4) is 0 Å². The molecule has 0 aliphatic heterocycles. The number of aryl methyl sites for hydroxylation is 2. The smallest absolute Gasteiger partial charge is 0.412 e. The summed E-state index contributed by atoms with van der Waals surface area (Å²) in [5.74, 6) is 0. The van der Waals surface area contributed by atoms with E-state index < -0.39 is 21.7 Å². The van der Waals surface area contributed by atoms with Crippen molar-refractivity contribution >= 4 is 43.4 Å². The van der Waals surface area contributed by atoms with E-state index in [9.17, 15) is 13.2 Å². The van der Waals surface area contributed by atoms with E-state index in [1.807, 2.05) is 0 Å². The minimum Gasteiger partial charge on any atom is -0.444 e. The molecule has 0 radical (unpaired) electrons. The molecule has 2 aromatic carbocycles. The summed E-state index contributed by atoms with van der Waals surface area (Å²) in [7, 11) is -3.85. The molecule has 0 saturated carbocycles. The summed E-state index contributed by atoms with van der Waals surface area (Å²) >= 11 is 3.30. The van der Waals surface area contributed by atoms with Crippen molar-refractivity contribution in [2.24, 2.45) is 0 Å². The molecular weight excluding hydrogens is 432 g/mol. The first kappa shape index (κ1) is 21.2. The van der Waals surface area contributed by atoms with Gasteiger partial charge >= 0.3 is 6.09 Å². The van der Waals surface area contributed by atoms with Crippen molar-refractivity contribution < 1.29 is 17.9 Å². The Bertz CT molecular complexity index is 966. The molecule has 1 amide bonds. The zero-order valence-corrected chi connectivity index (χ0v) is 18.3. The van der Waals surface area contributed by atoms with E-state index in [2.05, 4.69) is 26.0 Å².